The quantitative estimate of drug-likeness (QED) is 0.753. The monoisotopic (exact) mass is 285 g/mol. The molecule has 0 spiro atoms. The van der Waals surface area contributed by atoms with Crippen molar-refractivity contribution in [3.05, 3.63) is 58.9 Å². The molecule has 4 nitrogen and oxygen atoms in total. The number of hydrogen-bond donors (Lipinski definition) is 2. The van der Waals surface area contributed by atoms with Crippen molar-refractivity contribution in [3.63, 3.8) is 0 Å². The molecule has 0 atom stereocenters. The van der Waals surface area contributed by atoms with E-state index in [9.17, 15) is 4.79 Å². The van der Waals surface area contributed by atoms with Gasteiger partial charge in [-0.05, 0) is 31.2 Å². The first-order chi connectivity index (χ1) is 9.63. The van der Waals surface area contributed by atoms with Crippen molar-refractivity contribution in [2.24, 2.45) is 0 Å². The number of hydrogen-bond acceptors (Lipinski definition) is 2. The van der Waals surface area contributed by atoms with E-state index in [4.69, 9.17) is 11.6 Å². The van der Waals surface area contributed by atoms with Crippen molar-refractivity contribution in [1.29, 1.82) is 0 Å². The largest absolute Gasteiger partial charge is 0.349 e. The standard InChI is InChI=1S/C15H12ClN3O/c1-9-4-2-7-13(17-9)19-15(20)12-8-10-5-3-6-11(16)14(10)18-12/h2-8,18H,1H3,(H,17,19,20). The number of carbonyl (C=O) groups is 1. The Kier molecular flexibility index (Phi) is 3.16. The van der Waals surface area contributed by atoms with Crippen LogP contribution in [-0.4, -0.2) is 15.9 Å². The lowest BCUT2D eigenvalue weighted by atomic mass is 10.2. The first kappa shape index (κ1) is 12.7. The lowest BCUT2D eigenvalue weighted by molar-refractivity contribution is 0.102. The van der Waals surface area contributed by atoms with Crippen molar-refractivity contribution in [1.82, 2.24) is 9.97 Å². The fourth-order valence-corrected chi connectivity index (χ4v) is 2.27. The van der Waals surface area contributed by atoms with Crippen LogP contribution in [0.4, 0.5) is 5.82 Å². The molecule has 1 amide bonds. The molecule has 0 saturated heterocycles. The SMILES string of the molecule is Cc1cccc(NC(=O)c2cc3cccc(Cl)c3[nH]2)n1. The van der Waals surface area contributed by atoms with Gasteiger partial charge in [-0.15, -0.1) is 0 Å². The number of rotatable bonds is 2. The van der Waals surface area contributed by atoms with Crippen LogP contribution in [0.5, 0.6) is 0 Å². The molecule has 2 N–H and O–H groups in total. The molecule has 0 aliphatic heterocycles. The molecular weight excluding hydrogens is 274 g/mol. The first-order valence-electron chi connectivity index (χ1n) is 6.16. The normalized spacial score (nSPS) is 10.7. The molecule has 0 bridgehead atoms. The van der Waals surface area contributed by atoms with Gasteiger partial charge in [0.25, 0.3) is 5.91 Å². The molecule has 0 aliphatic carbocycles. The molecule has 0 fully saturated rings. The first-order valence-corrected chi connectivity index (χ1v) is 6.53. The average Bonchev–Trinajstić information content (AvgIpc) is 2.84. The number of para-hydroxylation sites is 1. The van der Waals surface area contributed by atoms with Gasteiger partial charge in [-0.25, -0.2) is 4.98 Å². The number of carbonyl (C=O) groups excluding carboxylic acids is 1. The number of aryl methyl sites for hydroxylation is 1. The maximum Gasteiger partial charge on any atom is 0.273 e. The molecule has 3 aromatic rings. The van der Waals surface area contributed by atoms with E-state index in [1.165, 1.54) is 0 Å². The fraction of sp³-hybridized carbons (Fsp3) is 0.0667. The van der Waals surface area contributed by atoms with Crippen molar-refractivity contribution in [3.8, 4) is 0 Å². The number of aromatic nitrogens is 2. The third-order valence-corrected chi connectivity index (χ3v) is 3.29. The van der Waals surface area contributed by atoms with Crippen LogP contribution in [0.3, 0.4) is 0 Å². The lowest BCUT2D eigenvalue weighted by Crippen LogP contribution is -2.13. The highest BCUT2D eigenvalue weighted by atomic mass is 35.5. The number of pyridine rings is 1. The second-order valence-corrected chi connectivity index (χ2v) is 4.91. The number of benzene rings is 1. The Labute approximate surface area is 120 Å². The van der Waals surface area contributed by atoms with Crippen molar-refractivity contribution in [2.75, 3.05) is 5.32 Å². The minimum absolute atomic E-state index is 0.240. The van der Waals surface area contributed by atoms with Gasteiger partial charge in [0, 0.05) is 11.1 Å². The summed E-state index contributed by atoms with van der Waals surface area (Å²) in [5.41, 5.74) is 2.07. The molecular formula is C15H12ClN3O. The molecule has 5 heteroatoms. The highest BCUT2D eigenvalue weighted by Gasteiger charge is 2.11. The molecule has 0 aliphatic rings. The number of aromatic amines is 1. The van der Waals surface area contributed by atoms with Crippen molar-refractivity contribution >= 4 is 34.2 Å². The van der Waals surface area contributed by atoms with Gasteiger partial charge in [0.1, 0.15) is 11.5 Å². The Morgan fingerprint density at radius 2 is 2.05 bits per heavy atom. The van der Waals surface area contributed by atoms with Crippen LogP contribution in [0.25, 0.3) is 10.9 Å². The molecule has 0 unspecified atom stereocenters. The van der Waals surface area contributed by atoms with Gasteiger partial charge in [-0.3, -0.25) is 4.79 Å². The number of nitrogens with zero attached hydrogens (tertiary/aromatic N) is 1. The van der Waals surface area contributed by atoms with Crippen molar-refractivity contribution < 1.29 is 4.79 Å². The third kappa shape index (κ3) is 2.38. The van der Waals surface area contributed by atoms with Crippen LogP contribution in [-0.2, 0) is 0 Å². The van der Waals surface area contributed by atoms with Gasteiger partial charge < -0.3 is 10.3 Å². The van der Waals surface area contributed by atoms with E-state index in [1.807, 2.05) is 31.2 Å². The zero-order valence-corrected chi connectivity index (χ0v) is 11.5. The summed E-state index contributed by atoms with van der Waals surface area (Å²) in [6.07, 6.45) is 0. The number of amides is 1. The highest BCUT2D eigenvalue weighted by molar-refractivity contribution is 6.35. The summed E-state index contributed by atoms with van der Waals surface area (Å²) in [4.78, 5) is 19.4. The molecule has 2 heterocycles. The lowest BCUT2D eigenvalue weighted by Gasteiger charge is -2.03. The van der Waals surface area contributed by atoms with E-state index in [1.54, 1.807) is 18.2 Å². The highest BCUT2D eigenvalue weighted by Crippen LogP contribution is 2.23. The molecule has 100 valence electrons. The number of fused-ring (bicyclic) bond motifs is 1. The smallest absolute Gasteiger partial charge is 0.273 e. The van der Waals surface area contributed by atoms with Gasteiger partial charge in [0.05, 0.1) is 10.5 Å². The Morgan fingerprint density at radius 3 is 2.80 bits per heavy atom. The summed E-state index contributed by atoms with van der Waals surface area (Å²) in [7, 11) is 0. The van der Waals surface area contributed by atoms with Gasteiger partial charge in [0.2, 0.25) is 0 Å². The van der Waals surface area contributed by atoms with E-state index in [0.29, 0.717) is 16.5 Å². The van der Waals surface area contributed by atoms with Gasteiger partial charge in [-0.2, -0.15) is 0 Å². The summed E-state index contributed by atoms with van der Waals surface area (Å²) in [5, 5.41) is 4.25. The van der Waals surface area contributed by atoms with Crippen LogP contribution < -0.4 is 5.32 Å². The zero-order valence-electron chi connectivity index (χ0n) is 10.8. The van der Waals surface area contributed by atoms with Crippen molar-refractivity contribution in [2.45, 2.75) is 6.92 Å². The minimum Gasteiger partial charge on any atom is -0.349 e. The summed E-state index contributed by atoms with van der Waals surface area (Å²) >= 11 is 6.08. The maximum atomic E-state index is 12.2. The van der Waals surface area contributed by atoms with Gasteiger partial charge in [0.15, 0.2) is 0 Å². The predicted molar refractivity (Wildman–Crippen MR) is 80.2 cm³/mol. The van der Waals surface area contributed by atoms with Crippen LogP contribution >= 0.6 is 11.6 Å². The Balaban J connectivity index is 1.91. The number of halogens is 1. The topological polar surface area (TPSA) is 57.8 Å². The van der Waals surface area contributed by atoms with E-state index in [0.717, 1.165) is 16.6 Å². The Bertz CT molecular complexity index is 795. The van der Waals surface area contributed by atoms with E-state index < -0.39 is 0 Å². The fourth-order valence-electron chi connectivity index (χ4n) is 2.04. The Hall–Kier alpha value is -2.33. The maximum absolute atomic E-state index is 12.2. The van der Waals surface area contributed by atoms with Gasteiger partial charge in [-0.1, -0.05) is 29.8 Å². The number of nitrogens with one attached hydrogen (secondary N) is 2. The molecule has 0 radical (unpaired) electrons. The summed E-state index contributed by atoms with van der Waals surface area (Å²) < 4.78 is 0. The average molecular weight is 286 g/mol. The van der Waals surface area contributed by atoms with Gasteiger partial charge >= 0.3 is 0 Å². The molecule has 2 aromatic heterocycles. The van der Waals surface area contributed by atoms with E-state index >= 15 is 0 Å². The van der Waals surface area contributed by atoms with Crippen LogP contribution in [0.1, 0.15) is 16.2 Å². The summed E-state index contributed by atoms with van der Waals surface area (Å²) in [5.74, 6) is 0.287. The van der Waals surface area contributed by atoms with E-state index in [2.05, 4.69) is 15.3 Å². The van der Waals surface area contributed by atoms with Crippen LogP contribution in [0.15, 0.2) is 42.5 Å². The second kappa shape index (κ2) is 4.98. The molecule has 0 saturated carbocycles. The molecule has 20 heavy (non-hydrogen) atoms. The predicted octanol–water partition coefficient (Wildman–Crippen LogP) is 3.78. The van der Waals surface area contributed by atoms with Crippen LogP contribution in [0.2, 0.25) is 5.02 Å². The number of H-pyrrole nitrogens is 1. The van der Waals surface area contributed by atoms with E-state index in [-0.39, 0.29) is 5.91 Å². The third-order valence-electron chi connectivity index (χ3n) is 2.98. The van der Waals surface area contributed by atoms with Crippen LogP contribution in [0, 0.1) is 6.92 Å². The molecule has 1 aromatic carbocycles. The summed E-state index contributed by atoms with van der Waals surface area (Å²) in [6.45, 7) is 1.87. The summed E-state index contributed by atoms with van der Waals surface area (Å²) in [6, 6.07) is 12.8. The zero-order chi connectivity index (χ0) is 14.1. The minimum atomic E-state index is -0.240. The second-order valence-electron chi connectivity index (χ2n) is 4.51. The Morgan fingerprint density at radius 1 is 1.25 bits per heavy atom. The number of anilines is 1. The molecule has 3 rings (SSSR count).